The summed E-state index contributed by atoms with van der Waals surface area (Å²) < 4.78 is 0. The highest BCUT2D eigenvalue weighted by Crippen LogP contribution is 2.26. The largest absolute Gasteiger partial charge is 0.384 e. The Bertz CT molecular complexity index is 454. The quantitative estimate of drug-likeness (QED) is 0.902. The summed E-state index contributed by atoms with van der Waals surface area (Å²) in [5.74, 6) is 0.755. The number of fused-ring (bicyclic) bond motifs is 1. The molecule has 0 saturated carbocycles. The van der Waals surface area contributed by atoms with Gasteiger partial charge in [-0.15, -0.1) is 0 Å². The third-order valence-corrected chi connectivity index (χ3v) is 3.69. The second-order valence-electron chi connectivity index (χ2n) is 5.78. The number of carbonyl (C=O) groups is 1. The first-order valence-electron chi connectivity index (χ1n) is 7.21. The van der Waals surface area contributed by atoms with Gasteiger partial charge in [-0.1, -0.05) is 26.0 Å². The van der Waals surface area contributed by atoms with E-state index < -0.39 is 0 Å². The SMILES string of the molecule is CC(C)CCN(C)C(=O)c1cccc2c1NCCC2. The van der Waals surface area contributed by atoms with Crippen molar-refractivity contribution >= 4 is 11.6 Å². The molecule has 1 amide bonds. The van der Waals surface area contributed by atoms with E-state index in [1.54, 1.807) is 0 Å². The van der Waals surface area contributed by atoms with Crippen LogP contribution in [0.2, 0.25) is 0 Å². The molecule has 0 unspecified atom stereocenters. The smallest absolute Gasteiger partial charge is 0.255 e. The first-order chi connectivity index (χ1) is 9.09. The van der Waals surface area contributed by atoms with E-state index in [1.165, 1.54) is 5.56 Å². The topological polar surface area (TPSA) is 32.3 Å². The van der Waals surface area contributed by atoms with E-state index >= 15 is 0 Å². The highest BCUT2D eigenvalue weighted by molar-refractivity contribution is 6.00. The first-order valence-corrected chi connectivity index (χ1v) is 7.21. The summed E-state index contributed by atoms with van der Waals surface area (Å²) in [6, 6.07) is 6.05. The molecule has 2 rings (SSSR count). The van der Waals surface area contributed by atoms with Crippen molar-refractivity contribution in [2.75, 3.05) is 25.5 Å². The number of anilines is 1. The first kappa shape index (κ1) is 13.9. The summed E-state index contributed by atoms with van der Waals surface area (Å²) in [6.45, 7) is 6.15. The minimum atomic E-state index is 0.131. The van der Waals surface area contributed by atoms with Gasteiger partial charge in [0, 0.05) is 20.1 Å². The van der Waals surface area contributed by atoms with Crippen molar-refractivity contribution in [3.63, 3.8) is 0 Å². The molecular weight excluding hydrogens is 236 g/mol. The highest BCUT2D eigenvalue weighted by atomic mass is 16.2. The van der Waals surface area contributed by atoms with Crippen molar-refractivity contribution in [3.8, 4) is 0 Å². The number of hydrogen-bond donors (Lipinski definition) is 1. The van der Waals surface area contributed by atoms with Crippen molar-refractivity contribution in [2.45, 2.75) is 33.1 Å². The molecule has 3 heteroatoms. The Labute approximate surface area is 116 Å². The van der Waals surface area contributed by atoms with Crippen molar-refractivity contribution < 1.29 is 4.79 Å². The van der Waals surface area contributed by atoms with Gasteiger partial charge in [0.15, 0.2) is 0 Å². The molecule has 0 aliphatic carbocycles. The molecule has 104 valence electrons. The molecule has 0 atom stereocenters. The fraction of sp³-hybridized carbons (Fsp3) is 0.562. The second kappa shape index (κ2) is 6.09. The second-order valence-corrected chi connectivity index (χ2v) is 5.78. The predicted molar refractivity (Wildman–Crippen MR) is 79.7 cm³/mol. The van der Waals surface area contributed by atoms with E-state index in [2.05, 4.69) is 25.2 Å². The molecule has 0 saturated heterocycles. The number of rotatable bonds is 4. The van der Waals surface area contributed by atoms with Crippen LogP contribution in [0.15, 0.2) is 18.2 Å². The Balaban J connectivity index is 2.15. The fourth-order valence-electron chi connectivity index (χ4n) is 2.45. The molecule has 1 heterocycles. The van der Waals surface area contributed by atoms with Gasteiger partial charge in [0.05, 0.1) is 11.3 Å². The van der Waals surface area contributed by atoms with Crippen LogP contribution in [0, 0.1) is 5.92 Å². The zero-order valence-electron chi connectivity index (χ0n) is 12.2. The highest BCUT2D eigenvalue weighted by Gasteiger charge is 2.19. The van der Waals surface area contributed by atoms with Gasteiger partial charge in [0.1, 0.15) is 0 Å². The third-order valence-electron chi connectivity index (χ3n) is 3.69. The van der Waals surface area contributed by atoms with Crippen LogP contribution in [0.5, 0.6) is 0 Å². The molecular formula is C16H24N2O. The lowest BCUT2D eigenvalue weighted by Gasteiger charge is -2.24. The number of hydrogen-bond acceptors (Lipinski definition) is 2. The maximum absolute atomic E-state index is 12.5. The Morgan fingerprint density at radius 2 is 2.21 bits per heavy atom. The lowest BCUT2D eigenvalue weighted by molar-refractivity contribution is 0.0790. The van der Waals surface area contributed by atoms with Crippen LogP contribution in [-0.4, -0.2) is 30.9 Å². The Morgan fingerprint density at radius 1 is 1.42 bits per heavy atom. The van der Waals surface area contributed by atoms with E-state index in [1.807, 2.05) is 24.1 Å². The maximum Gasteiger partial charge on any atom is 0.255 e. The Hall–Kier alpha value is -1.51. The zero-order chi connectivity index (χ0) is 13.8. The van der Waals surface area contributed by atoms with Gasteiger partial charge in [-0.05, 0) is 36.8 Å². The third kappa shape index (κ3) is 3.28. The molecule has 0 spiro atoms. The number of amides is 1. The molecule has 0 radical (unpaired) electrons. The van der Waals surface area contributed by atoms with Crippen LogP contribution in [0.1, 0.15) is 42.6 Å². The fourth-order valence-corrected chi connectivity index (χ4v) is 2.45. The van der Waals surface area contributed by atoms with Gasteiger partial charge in [0.25, 0.3) is 5.91 Å². The minimum Gasteiger partial charge on any atom is -0.384 e. The molecule has 0 fully saturated rings. The summed E-state index contributed by atoms with van der Waals surface area (Å²) in [5, 5.41) is 3.38. The average molecular weight is 260 g/mol. The van der Waals surface area contributed by atoms with E-state index in [9.17, 15) is 4.79 Å². The monoisotopic (exact) mass is 260 g/mol. The van der Waals surface area contributed by atoms with Gasteiger partial charge >= 0.3 is 0 Å². The lowest BCUT2D eigenvalue weighted by Crippen LogP contribution is -2.30. The molecule has 1 aliphatic heterocycles. The van der Waals surface area contributed by atoms with Crippen LogP contribution >= 0.6 is 0 Å². The number of aryl methyl sites for hydroxylation is 1. The van der Waals surface area contributed by atoms with Crippen molar-refractivity contribution in [1.82, 2.24) is 4.90 Å². The van der Waals surface area contributed by atoms with Gasteiger partial charge in [-0.2, -0.15) is 0 Å². The summed E-state index contributed by atoms with van der Waals surface area (Å²) in [7, 11) is 1.90. The number of benzene rings is 1. The van der Waals surface area contributed by atoms with E-state index in [0.717, 1.165) is 43.6 Å². The summed E-state index contributed by atoms with van der Waals surface area (Å²) in [6.07, 6.45) is 3.26. The maximum atomic E-state index is 12.5. The van der Waals surface area contributed by atoms with E-state index in [4.69, 9.17) is 0 Å². The molecule has 1 aliphatic rings. The van der Waals surface area contributed by atoms with Crippen LogP contribution in [0.25, 0.3) is 0 Å². The van der Waals surface area contributed by atoms with Crippen LogP contribution in [-0.2, 0) is 6.42 Å². The number of para-hydroxylation sites is 1. The van der Waals surface area contributed by atoms with E-state index in [0.29, 0.717) is 5.92 Å². The molecule has 1 aromatic rings. The minimum absolute atomic E-state index is 0.131. The van der Waals surface area contributed by atoms with Crippen molar-refractivity contribution in [3.05, 3.63) is 29.3 Å². The number of nitrogens with zero attached hydrogens (tertiary/aromatic N) is 1. The lowest BCUT2D eigenvalue weighted by atomic mass is 9.98. The molecule has 19 heavy (non-hydrogen) atoms. The number of carbonyl (C=O) groups excluding carboxylic acids is 1. The summed E-state index contributed by atoms with van der Waals surface area (Å²) in [4.78, 5) is 14.4. The summed E-state index contributed by atoms with van der Waals surface area (Å²) in [5.41, 5.74) is 3.15. The van der Waals surface area contributed by atoms with Crippen molar-refractivity contribution in [2.24, 2.45) is 5.92 Å². The molecule has 0 aromatic heterocycles. The Morgan fingerprint density at radius 3 is 2.95 bits per heavy atom. The Kier molecular flexibility index (Phi) is 4.46. The van der Waals surface area contributed by atoms with Crippen LogP contribution < -0.4 is 5.32 Å². The van der Waals surface area contributed by atoms with Gasteiger partial charge < -0.3 is 10.2 Å². The molecule has 1 aromatic carbocycles. The standard InChI is InChI=1S/C16H24N2O/c1-12(2)9-11-18(3)16(19)14-8-4-6-13-7-5-10-17-15(13)14/h4,6,8,12,17H,5,7,9-11H2,1-3H3. The molecule has 1 N–H and O–H groups in total. The van der Waals surface area contributed by atoms with Gasteiger partial charge in [-0.3, -0.25) is 4.79 Å². The molecule has 3 nitrogen and oxygen atoms in total. The van der Waals surface area contributed by atoms with Crippen LogP contribution in [0.3, 0.4) is 0 Å². The van der Waals surface area contributed by atoms with Gasteiger partial charge in [-0.25, -0.2) is 0 Å². The van der Waals surface area contributed by atoms with Crippen molar-refractivity contribution in [1.29, 1.82) is 0 Å². The molecule has 0 bridgehead atoms. The normalized spacial score (nSPS) is 13.9. The number of nitrogens with one attached hydrogen (secondary N) is 1. The van der Waals surface area contributed by atoms with E-state index in [-0.39, 0.29) is 5.91 Å². The van der Waals surface area contributed by atoms with Crippen LogP contribution in [0.4, 0.5) is 5.69 Å². The predicted octanol–water partition coefficient (Wildman–Crippen LogP) is 3.16. The van der Waals surface area contributed by atoms with Gasteiger partial charge in [0.2, 0.25) is 0 Å². The summed E-state index contributed by atoms with van der Waals surface area (Å²) >= 11 is 0. The average Bonchev–Trinajstić information content (AvgIpc) is 2.43. The zero-order valence-corrected chi connectivity index (χ0v) is 12.2.